The second-order valence-electron chi connectivity index (χ2n) is 2.81. The van der Waals surface area contributed by atoms with Gasteiger partial charge in [-0.05, 0) is 47.4 Å². The highest BCUT2D eigenvalue weighted by Crippen LogP contribution is 2.22. The van der Waals surface area contributed by atoms with Crippen LogP contribution >= 0.6 is 27.3 Å². The predicted octanol–water partition coefficient (Wildman–Crippen LogP) is 1.85. The van der Waals surface area contributed by atoms with Gasteiger partial charge in [-0.1, -0.05) is 0 Å². The summed E-state index contributed by atoms with van der Waals surface area (Å²) >= 11 is 4.77. The van der Waals surface area contributed by atoms with E-state index in [0.29, 0.717) is 6.54 Å². The zero-order valence-corrected chi connectivity index (χ0v) is 10.4. The first-order chi connectivity index (χ1) is 6.75. The first-order valence-electron chi connectivity index (χ1n) is 4.41. The van der Waals surface area contributed by atoms with E-state index < -0.39 is 0 Å². The molecule has 0 saturated carbocycles. The van der Waals surface area contributed by atoms with Gasteiger partial charge in [0.1, 0.15) is 4.88 Å². The number of carbonyl (C=O) groups is 1. The lowest BCUT2D eigenvalue weighted by Gasteiger charge is -2.03. The molecule has 0 atom stereocenters. The van der Waals surface area contributed by atoms with E-state index in [1.54, 1.807) is 0 Å². The lowest BCUT2D eigenvalue weighted by Crippen LogP contribution is -2.26. The molecule has 0 aliphatic rings. The molecule has 1 heterocycles. The van der Waals surface area contributed by atoms with Crippen molar-refractivity contribution in [3.8, 4) is 0 Å². The standard InChI is InChI=1S/C9H13BrN2OS/c1-11-4-2-5-12-9(13)8-7(10)3-6-14-8/h3,6,11H,2,4-5H2,1H3,(H,12,13). The van der Waals surface area contributed by atoms with Gasteiger partial charge in [-0.3, -0.25) is 4.79 Å². The molecular weight excluding hydrogens is 264 g/mol. The van der Waals surface area contributed by atoms with Crippen molar-refractivity contribution in [2.24, 2.45) is 0 Å². The molecule has 0 radical (unpaired) electrons. The Morgan fingerprint density at radius 2 is 2.36 bits per heavy atom. The van der Waals surface area contributed by atoms with Gasteiger partial charge in [0.15, 0.2) is 0 Å². The van der Waals surface area contributed by atoms with Crippen molar-refractivity contribution in [1.82, 2.24) is 10.6 Å². The SMILES string of the molecule is CNCCCNC(=O)c1sccc1Br. The van der Waals surface area contributed by atoms with Crippen LogP contribution in [0.25, 0.3) is 0 Å². The average Bonchev–Trinajstić information content (AvgIpc) is 2.59. The Kier molecular flexibility index (Phi) is 5.14. The van der Waals surface area contributed by atoms with E-state index in [2.05, 4.69) is 26.6 Å². The fourth-order valence-corrected chi connectivity index (χ4v) is 2.47. The third-order valence-corrected chi connectivity index (χ3v) is 3.55. The van der Waals surface area contributed by atoms with Gasteiger partial charge >= 0.3 is 0 Å². The molecule has 0 aromatic carbocycles. The highest BCUT2D eigenvalue weighted by Gasteiger charge is 2.09. The maximum Gasteiger partial charge on any atom is 0.262 e. The minimum absolute atomic E-state index is 0.00276. The van der Waals surface area contributed by atoms with E-state index in [1.807, 2.05) is 18.5 Å². The lowest BCUT2D eigenvalue weighted by atomic mass is 10.4. The molecule has 0 saturated heterocycles. The van der Waals surface area contributed by atoms with Gasteiger partial charge < -0.3 is 10.6 Å². The third-order valence-electron chi connectivity index (χ3n) is 1.71. The quantitative estimate of drug-likeness (QED) is 0.806. The van der Waals surface area contributed by atoms with Crippen LogP contribution in [-0.2, 0) is 0 Å². The summed E-state index contributed by atoms with van der Waals surface area (Å²) < 4.78 is 0.869. The number of nitrogens with one attached hydrogen (secondary N) is 2. The van der Waals surface area contributed by atoms with E-state index in [0.717, 1.165) is 22.3 Å². The van der Waals surface area contributed by atoms with Crippen molar-refractivity contribution < 1.29 is 4.79 Å². The van der Waals surface area contributed by atoms with Crippen LogP contribution in [0.1, 0.15) is 16.1 Å². The highest BCUT2D eigenvalue weighted by molar-refractivity contribution is 9.10. The van der Waals surface area contributed by atoms with Crippen molar-refractivity contribution in [3.63, 3.8) is 0 Å². The first-order valence-corrected chi connectivity index (χ1v) is 6.08. The normalized spacial score (nSPS) is 10.1. The molecule has 78 valence electrons. The number of thiophene rings is 1. The van der Waals surface area contributed by atoms with E-state index >= 15 is 0 Å². The van der Waals surface area contributed by atoms with Crippen LogP contribution in [0, 0.1) is 0 Å². The minimum atomic E-state index is 0.00276. The molecule has 14 heavy (non-hydrogen) atoms. The van der Waals surface area contributed by atoms with Crippen molar-refractivity contribution in [1.29, 1.82) is 0 Å². The molecule has 0 aliphatic carbocycles. The van der Waals surface area contributed by atoms with Gasteiger partial charge in [0, 0.05) is 11.0 Å². The number of amides is 1. The van der Waals surface area contributed by atoms with Crippen LogP contribution in [-0.4, -0.2) is 26.0 Å². The van der Waals surface area contributed by atoms with Crippen molar-refractivity contribution in [2.75, 3.05) is 20.1 Å². The lowest BCUT2D eigenvalue weighted by molar-refractivity contribution is 0.0956. The van der Waals surface area contributed by atoms with E-state index in [9.17, 15) is 4.79 Å². The fraction of sp³-hybridized carbons (Fsp3) is 0.444. The Bertz CT molecular complexity index is 301. The van der Waals surface area contributed by atoms with Crippen molar-refractivity contribution >= 4 is 33.2 Å². The summed E-state index contributed by atoms with van der Waals surface area (Å²) in [6, 6.07) is 1.88. The van der Waals surface area contributed by atoms with E-state index in [1.165, 1.54) is 11.3 Å². The molecule has 1 aromatic heterocycles. The summed E-state index contributed by atoms with van der Waals surface area (Å²) in [4.78, 5) is 12.3. The molecule has 5 heteroatoms. The van der Waals surface area contributed by atoms with Crippen LogP contribution in [0.3, 0.4) is 0 Å². The number of hydrogen-bond acceptors (Lipinski definition) is 3. The van der Waals surface area contributed by atoms with Gasteiger partial charge in [-0.2, -0.15) is 0 Å². The molecule has 3 nitrogen and oxygen atoms in total. The van der Waals surface area contributed by atoms with Gasteiger partial charge in [0.25, 0.3) is 5.91 Å². The minimum Gasteiger partial charge on any atom is -0.351 e. The summed E-state index contributed by atoms with van der Waals surface area (Å²) in [5, 5.41) is 7.79. The Labute approximate surface area is 96.0 Å². The zero-order valence-electron chi connectivity index (χ0n) is 7.97. The van der Waals surface area contributed by atoms with E-state index in [-0.39, 0.29) is 5.91 Å². The molecule has 1 rings (SSSR count). The molecule has 1 amide bonds. The summed E-state index contributed by atoms with van der Waals surface area (Å²) in [5.74, 6) is 0.00276. The summed E-state index contributed by atoms with van der Waals surface area (Å²) in [6.45, 7) is 1.63. The van der Waals surface area contributed by atoms with Gasteiger partial charge in [-0.15, -0.1) is 11.3 Å². The Morgan fingerprint density at radius 1 is 1.57 bits per heavy atom. The molecule has 1 aromatic rings. The van der Waals surface area contributed by atoms with Crippen LogP contribution < -0.4 is 10.6 Å². The van der Waals surface area contributed by atoms with E-state index in [4.69, 9.17) is 0 Å². The predicted molar refractivity (Wildman–Crippen MR) is 62.9 cm³/mol. The smallest absolute Gasteiger partial charge is 0.262 e. The van der Waals surface area contributed by atoms with Gasteiger partial charge in [0.05, 0.1) is 0 Å². The molecule has 0 bridgehead atoms. The number of rotatable bonds is 5. The number of halogens is 1. The third kappa shape index (κ3) is 3.40. The number of hydrogen-bond donors (Lipinski definition) is 2. The van der Waals surface area contributed by atoms with Gasteiger partial charge in [-0.25, -0.2) is 0 Å². The Morgan fingerprint density at radius 3 is 2.93 bits per heavy atom. The van der Waals surface area contributed by atoms with Crippen LogP contribution in [0.15, 0.2) is 15.9 Å². The van der Waals surface area contributed by atoms with Crippen molar-refractivity contribution in [3.05, 3.63) is 20.8 Å². The first kappa shape index (κ1) is 11.7. The molecule has 2 N–H and O–H groups in total. The molecular formula is C9H13BrN2OS. The molecule has 0 aliphatic heterocycles. The average molecular weight is 277 g/mol. The number of carbonyl (C=O) groups excluding carboxylic acids is 1. The maximum atomic E-state index is 11.5. The van der Waals surface area contributed by atoms with Crippen molar-refractivity contribution in [2.45, 2.75) is 6.42 Å². The summed E-state index contributed by atoms with van der Waals surface area (Å²) in [6.07, 6.45) is 0.950. The topological polar surface area (TPSA) is 41.1 Å². The van der Waals surface area contributed by atoms with Gasteiger partial charge in [0.2, 0.25) is 0 Å². The summed E-state index contributed by atoms with van der Waals surface area (Å²) in [7, 11) is 1.90. The van der Waals surface area contributed by atoms with Crippen LogP contribution in [0.4, 0.5) is 0 Å². The molecule has 0 fully saturated rings. The highest BCUT2D eigenvalue weighted by atomic mass is 79.9. The second kappa shape index (κ2) is 6.16. The largest absolute Gasteiger partial charge is 0.351 e. The Hall–Kier alpha value is -0.390. The van der Waals surface area contributed by atoms with Crippen LogP contribution in [0.5, 0.6) is 0 Å². The maximum absolute atomic E-state index is 11.5. The zero-order chi connectivity index (χ0) is 10.4. The fourth-order valence-electron chi connectivity index (χ4n) is 1.00. The molecule has 0 spiro atoms. The monoisotopic (exact) mass is 276 g/mol. The summed E-state index contributed by atoms with van der Waals surface area (Å²) in [5.41, 5.74) is 0. The second-order valence-corrected chi connectivity index (χ2v) is 4.58. The molecule has 0 unspecified atom stereocenters. The van der Waals surface area contributed by atoms with Crippen LogP contribution in [0.2, 0.25) is 0 Å². The Balaban J connectivity index is 2.32.